The maximum Gasteiger partial charge on any atom is 0.143 e. The summed E-state index contributed by atoms with van der Waals surface area (Å²) in [7, 11) is 0. The average Bonchev–Trinajstić information content (AvgIpc) is 2.51. The number of nitrogens with zero attached hydrogens (tertiary/aromatic N) is 3. The molecule has 0 saturated carbocycles. The van der Waals surface area contributed by atoms with Crippen LogP contribution in [0.1, 0.15) is 0 Å². The number of aromatic nitrogens is 2. The lowest BCUT2D eigenvalue weighted by Gasteiger charge is -2.40. The summed E-state index contributed by atoms with van der Waals surface area (Å²) in [6.45, 7) is 1.38. The van der Waals surface area contributed by atoms with Crippen molar-refractivity contribution in [1.29, 1.82) is 0 Å². The van der Waals surface area contributed by atoms with Crippen LogP contribution in [0.25, 0.3) is 10.9 Å². The second-order valence-electron chi connectivity index (χ2n) is 5.29. The van der Waals surface area contributed by atoms with Gasteiger partial charge in [-0.15, -0.1) is 0 Å². The van der Waals surface area contributed by atoms with Crippen molar-refractivity contribution in [1.82, 2.24) is 9.97 Å². The predicted molar refractivity (Wildman–Crippen MR) is 82.6 cm³/mol. The smallest absolute Gasteiger partial charge is 0.143 e. The number of rotatable bonds is 3. The number of anilines is 1. The lowest BCUT2D eigenvalue weighted by molar-refractivity contribution is 0.167. The molecule has 4 nitrogen and oxygen atoms in total. The van der Waals surface area contributed by atoms with E-state index in [4.69, 9.17) is 4.74 Å². The highest BCUT2D eigenvalue weighted by Gasteiger charge is 2.31. The van der Waals surface area contributed by atoms with E-state index in [0.29, 0.717) is 29.8 Å². The zero-order valence-corrected chi connectivity index (χ0v) is 11.8. The van der Waals surface area contributed by atoms with Crippen LogP contribution in [0.3, 0.4) is 0 Å². The van der Waals surface area contributed by atoms with Crippen LogP contribution in [-0.4, -0.2) is 29.2 Å². The number of halogens is 1. The lowest BCUT2D eigenvalue weighted by Crippen LogP contribution is -2.54. The van der Waals surface area contributed by atoms with Gasteiger partial charge in [-0.3, -0.25) is 0 Å². The summed E-state index contributed by atoms with van der Waals surface area (Å²) in [6, 6.07) is 14.6. The van der Waals surface area contributed by atoms with E-state index in [9.17, 15) is 4.39 Å². The highest BCUT2D eigenvalue weighted by molar-refractivity contribution is 5.90. The van der Waals surface area contributed by atoms with Crippen LogP contribution >= 0.6 is 0 Å². The van der Waals surface area contributed by atoms with Gasteiger partial charge in [0.15, 0.2) is 0 Å². The molecule has 0 bridgehead atoms. The molecule has 4 rings (SSSR count). The first-order chi connectivity index (χ1) is 10.8. The number of ether oxygens (including phenoxy) is 1. The van der Waals surface area contributed by atoms with Gasteiger partial charge in [-0.1, -0.05) is 24.3 Å². The Hall–Kier alpha value is -2.69. The minimum atomic E-state index is -0.291. The molecule has 0 atom stereocenters. The summed E-state index contributed by atoms with van der Waals surface area (Å²) in [5.74, 6) is 1.20. The van der Waals surface area contributed by atoms with E-state index in [1.807, 2.05) is 35.2 Å². The van der Waals surface area contributed by atoms with Gasteiger partial charge in [0.2, 0.25) is 0 Å². The van der Waals surface area contributed by atoms with Crippen molar-refractivity contribution < 1.29 is 9.13 Å². The summed E-state index contributed by atoms with van der Waals surface area (Å²) in [6.07, 6.45) is 1.57. The molecule has 2 aromatic carbocycles. The van der Waals surface area contributed by atoms with Gasteiger partial charge in [0.05, 0.1) is 24.0 Å². The third-order valence-corrected chi connectivity index (χ3v) is 3.79. The Morgan fingerprint density at radius 3 is 2.64 bits per heavy atom. The topological polar surface area (TPSA) is 38.2 Å². The molecule has 1 aliphatic heterocycles. The highest BCUT2D eigenvalue weighted by atomic mass is 19.1. The van der Waals surface area contributed by atoms with Gasteiger partial charge in [-0.25, -0.2) is 14.4 Å². The third kappa shape index (κ3) is 2.24. The molecule has 0 N–H and O–H groups in total. The summed E-state index contributed by atoms with van der Waals surface area (Å²) >= 11 is 0. The van der Waals surface area contributed by atoms with Crippen LogP contribution in [-0.2, 0) is 0 Å². The van der Waals surface area contributed by atoms with Crippen molar-refractivity contribution in [3.05, 3.63) is 60.7 Å². The zero-order chi connectivity index (χ0) is 14.9. The first-order valence-corrected chi connectivity index (χ1v) is 7.17. The Morgan fingerprint density at radius 2 is 1.82 bits per heavy atom. The summed E-state index contributed by atoms with van der Waals surface area (Å²) in [4.78, 5) is 10.4. The van der Waals surface area contributed by atoms with Gasteiger partial charge in [-0.05, 0) is 24.3 Å². The van der Waals surface area contributed by atoms with E-state index in [2.05, 4.69) is 9.97 Å². The van der Waals surface area contributed by atoms with Crippen molar-refractivity contribution in [3.63, 3.8) is 0 Å². The Balaban J connectivity index is 1.54. The Kier molecular flexibility index (Phi) is 3.11. The molecule has 1 aliphatic rings. The van der Waals surface area contributed by atoms with E-state index in [0.717, 1.165) is 5.75 Å². The van der Waals surface area contributed by atoms with Gasteiger partial charge in [-0.2, -0.15) is 0 Å². The summed E-state index contributed by atoms with van der Waals surface area (Å²) < 4.78 is 19.9. The van der Waals surface area contributed by atoms with Crippen LogP contribution in [0.2, 0.25) is 0 Å². The van der Waals surface area contributed by atoms with Crippen molar-refractivity contribution in [2.24, 2.45) is 0 Å². The van der Waals surface area contributed by atoms with Gasteiger partial charge < -0.3 is 9.64 Å². The van der Waals surface area contributed by atoms with Crippen molar-refractivity contribution in [2.75, 3.05) is 18.0 Å². The van der Waals surface area contributed by atoms with Crippen molar-refractivity contribution in [3.8, 4) is 5.75 Å². The molecule has 0 aliphatic carbocycles. The van der Waals surface area contributed by atoms with Gasteiger partial charge in [0.25, 0.3) is 0 Å². The first kappa shape index (κ1) is 13.0. The van der Waals surface area contributed by atoms with Gasteiger partial charge in [0, 0.05) is 0 Å². The molecule has 0 amide bonds. The molecule has 5 heteroatoms. The second-order valence-corrected chi connectivity index (χ2v) is 5.29. The summed E-state index contributed by atoms with van der Waals surface area (Å²) in [5.41, 5.74) is 0.623. The second kappa shape index (κ2) is 5.26. The molecule has 2 heterocycles. The molecule has 0 radical (unpaired) electrons. The standard InChI is InChI=1S/C17H14FN3O/c18-14-7-4-8-15-16(14)17(20-11-19-15)21-9-13(10-21)22-12-5-2-1-3-6-12/h1-8,11,13H,9-10H2. The molecule has 3 aromatic rings. The molecule has 110 valence electrons. The maximum atomic E-state index is 14.1. The number of benzene rings is 2. The molecule has 0 spiro atoms. The highest BCUT2D eigenvalue weighted by Crippen LogP contribution is 2.29. The number of hydrogen-bond acceptors (Lipinski definition) is 4. The van der Waals surface area contributed by atoms with Gasteiger partial charge >= 0.3 is 0 Å². The fourth-order valence-corrected chi connectivity index (χ4v) is 2.67. The predicted octanol–water partition coefficient (Wildman–Crippen LogP) is 3.04. The van der Waals surface area contributed by atoms with E-state index >= 15 is 0 Å². The fraction of sp³-hybridized carbons (Fsp3) is 0.176. The van der Waals surface area contributed by atoms with Crippen LogP contribution in [0, 0.1) is 5.82 Å². The van der Waals surface area contributed by atoms with Crippen LogP contribution in [0.4, 0.5) is 10.2 Å². The number of para-hydroxylation sites is 1. The molecule has 1 fully saturated rings. The number of fused-ring (bicyclic) bond motifs is 1. The molecule has 22 heavy (non-hydrogen) atoms. The monoisotopic (exact) mass is 295 g/mol. The quantitative estimate of drug-likeness (QED) is 0.744. The molecule has 1 aromatic heterocycles. The number of hydrogen-bond donors (Lipinski definition) is 0. The fourth-order valence-electron chi connectivity index (χ4n) is 2.67. The van der Waals surface area contributed by atoms with E-state index in [-0.39, 0.29) is 11.9 Å². The zero-order valence-electron chi connectivity index (χ0n) is 11.8. The third-order valence-electron chi connectivity index (χ3n) is 3.79. The molecular weight excluding hydrogens is 281 g/mol. The van der Waals surface area contributed by atoms with Crippen molar-refractivity contribution >= 4 is 16.7 Å². The van der Waals surface area contributed by atoms with E-state index < -0.39 is 0 Å². The first-order valence-electron chi connectivity index (χ1n) is 7.17. The Bertz CT molecular complexity index is 798. The summed E-state index contributed by atoms with van der Waals surface area (Å²) in [5, 5.41) is 0.475. The lowest BCUT2D eigenvalue weighted by atomic mass is 10.1. The average molecular weight is 295 g/mol. The van der Waals surface area contributed by atoms with Crippen LogP contribution in [0.5, 0.6) is 5.75 Å². The normalized spacial score (nSPS) is 14.9. The van der Waals surface area contributed by atoms with Crippen LogP contribution < -0.4 is 9.64 Å². The minimum absolute atomic E-state index is 0.0965. The maximum absolute atomic E-state index is 14.1. The van der Waals surface area contributed by atoms with Gasteiger partial charge in [0.1, 0.15) is 29.8 Å². The Labute approximate surface area is 127 Å². The van der Waals surface area contributed by atoms with E-state index in [1.54, 1.807) is 12.1 Å². The molecular formula is C17H14FN3O. The molecule has 1 saturated heterocycles. The minimum Gasteiger partial charge on any atom is -0.487 e. The van der Waals surface area contributed by atoms with Crippen LogP contribution in [0.15, 0.2) is 54.9 Å². The SMILES string of the molecule is Fc1cccc2ncnc(N3CC(Oc4ccccc4)C3)c12. The Morgan fingerprint density at radius 1 is 1.00 bits per heavy atom. The van der Waals surface area contributed by atoms with Crippen molar-refractivity contribution in [2.45, 2.75) is 6.10 Å². The molecule has 0 unspecified atom stereocenters. The largest absolute Gasteiger partial charge is 0.487 e. The van der Waals surface area contributed by atoms with E-state index in [1.165, 1.54) is 12.4 Å².